The normalized spacial score (nSPS) is 24.7. The summed E-state index contributed by atoms with van der Waals surface area (Å²) in [5.74, 6) is -5.21. The minimum Gasteiger partial charge on any atom is -0.511 e. The summed E-state index contributed by atoms with van der Waals surface area (Å²) in [5, 5.41) is 30.4. The van der Waals surface area contributed by atoms with Crippen molar-refractivity contribution in [2.45, 2.75) is 29.4 Å². The summed E-state index contributed by atoms with van der Waals surface area (Å²) >= 11 is 6.19. The highest BCUT2D eigenvalue weighted by Gasteiger charge is 2.50. The number of phenols is 1. The van der Waals surface area contributed by atoms with Crippen molar-refractivity contribution in [1.29, 1.82) is 0 Å². The second-order valence-corrected chi connectivity index (χ2v) is 10.4. The van der Waals surface area contributed by atoms with E-state index in [1.807, 2.05) is 0 Å². The number of ketones is 2. The molecular weight excluding hydrogens is 504 g/mol. The van der Waals surface area contributed by atoms with Crippen molar-refractivity contribution in [2.24, 2.45) is 23.3 Å². The third-order valence-corrected chi connectivity index (χ3v) is 8.01. The molecule has 7 N–H and O–H groups in total. The maximum absolute atomic E-state index is 12.9. The zero-order valence-corrected chi connectivity index (χ0v) is 20.4. The van der Waals surface area contributed by atoms with E-state index < -0.39 is 51.8 Å². The molecule has 1 heterocycles. The number of carbonyl (C=O) groups excluding carboxylic acids is 4. The topological polar surface area (TPSA) is 181 Å². The van der Waals surface area contributed by atoms with Gasteiger partial charge in [0.05, 0.1) is 17.1 Å². The number of rotatable bonds is 2. The number of thiocarbonyl (C=S) groups is 1. The summed E-state index contributed by atoms with van der Waals surface area (Å²) in [5.41, 5.74) is 10.4. The highest BCUT2D eigenvalue weighted by molar-refractivity contribution is 8.00. The lowest BCUT2D eigenvalue weighted by Crippen LogP contribution is -2.43. The van der Waals surface area contributed by atoms with Crippen LogP contribution in [0.1, 0.15) is 29.6 Å². The second kappa shape index (κ2) is 9.75. The molecule has 9 nitrogen and oxygen atoms in total. The number of hydrogen-bond acceptors (Lipinski definition) is 9. The predicted octanol–water partition coefficient (Wildman–Crippen LogP) is 2.50. The molecule has 1 aromatic carbocycles. The van der Waals surface area contributed by atoms with Gasteiger partial charge in [0.1, 0.15) is 22.8 Å². The number of amides is 2. The van der Waals surface area contributed by atoms with E-state index in [1.165, 1.54) is 17.8 Å². The highest BCUT2D eigenvalue weighted by Crippen LogP contribution is 2.51. The Labute approximate surface area is 215 Å². The lowest BCUT2D eigenvalue weighted by atomic mass is 9.68. The van der Waals surface area contributed by atoms with Gasteiger partial charge in [-0.15, -0.1) is 11.8 Å². The number of aliphatic hydroxyl groups is 2. The van der Waals surface area contributed by atoms with Crippen LogP contribution in [-0.4, -0.2) is 48.8 Å². The third-order valence-electron chi connectivity index (χ3n) is 6.40. The molecule has 186 valence electrons. The first kappa shape index (κ1) is 25.4. The van der Waals surface area contributed by atoms with E-state index in [2.05, 4.69) is 0 Å². The van der Waals surface area contributed by atoms with Gasteiger partial charge in [-0.2, -0.15) is 0 Å². The zero-order valence-electron chi connectivity index (χ0n) is 18.8. The molecule has 1 aromatic rings. The van der Waals surface area contributed by atoms with E-state index in [1.54, 1.807) is 30.4 Å². The number of phenolic OH excluding ortho intramolecular Hbond substituents is 1. The summed E-state index contributed by atoms with van der Waals surface area (Å²) in [6, 6.07) is 4.73. The number of nitrogens with two attached hydrogens (primary N) is 2. The summed E-state index contributed by atoms with van der Waals surface area (Å²) in [6.07, 6.45) is 6.18. The molecule has 3 atom stereocenters. The van der Waals surface area contributed by atoms with Crippen LogP contribution in [0.3, 0.4) is 0 Å². The van der Waals surface area contributed by atoms with Crippen LogP contribution >= 0.6 is 24.0 Å². The lowest BCUT2D eigenvalue weighted by Gasteiger charge is -2.40. The fourth-order valence-electron chi connectivity index (χ4n) is 4.75. The lowest BCUT2D eigenvalue weighted by molar-refractivity contribution is -0.125. The van der Waals surface area contributed by atoms with Crippen LogP contribution in [0, 0.1) is 11.8 Å². The van der Waals surface area contributed by atoms with Gasteiger partial charge in [-0.3, -0.25) is 19.2 Å². The number of benzene rings is 1. The number of Topliss-reactive ketones (excluding diaryl/α,β-unsaturated/α-hetero) is 2. The molecule has 11 heteroatoms. The van der Waals surface area contributed by atoms with E-state index in [-0.39, 0.29) is 29.1 Å². The van der Waals surface area contributed by atoms with Gasteiger partial charge in [-0.05, 0) is 36.6 Å². The van der Waals surface area contributed by atoms with E-state index >= 15 is 0 Å². The Hall–Kier alpha value is -3.70. The van der Waals surface area contributed by atoms with Crippen molar-refractivity contribution in [3.05, 3.63) is 70.2 Å². The maximum Gasteiger partial charge on any atom is 0.255 e. The van der Waals surface area contributed by atoms with Crippen LogP contribution in [0.5, 0.6) is 5.75 Å². The van der Waals surface area contributed by atoms with Crippen molar-refractivity contribution >= 4 is 52.2 Å². The smallest absolute Gasteiger partial charge is 0.255 e. The Kier molecular flexibility index (Phi) is 6.87. The molecule has 0 aromatic heterocycles. The number of carbonyl (C=O) groups is 4. The molecule has 0 fully saturated rings. The second-order valence-electron chi connectivity index (χ2n) is 8.64. The number of allylic oxidation sites excluding steroid dienone is 4. The average molecular weight is 527 g/mol. The molecule has 0 bridgehead atoms. The molecule has 0 saturated heterocycles. The summed E-state index contributed by atoms with van der Waals surface area (Å²) in [7, 11) is 0. The van der Waals surface area contributed by atoms with Crippen LogP contribution in [0.25, 0.3) is 0 Å². The maximum atomic E-state index is 12.9. The molecule has 3 aliphatic carbocycles. The van der Waals surface area contributed by atoms with Crippen LogP contribution < -0.4 is 11.5 Å². The fraction of sp³-hybridized carbons (Fsp3) is 0.240. The van der Waals surface area contributed by atoms with Crippen molar-refractivity contribution in [1.82, 2.24) is 0 Å². The van der Waals surface area contributed by atoms with Gasteiger partial charge in [0, 0.05) is 33.4 Å². The largest absolute Gasteiger partial charge is 0.511 e. The predicted molar refractivity (Wildman–Crippen MR) is 135 cm³/mol. The molecule has 0 spiro atoms. The Bertz CT molecular complexity index is 1360. The Morgan fingerprint density at radius 1 is 1.06 bits per heavy atom. The monoisotopic (exact) mass is 526 g/mol. The number of aliphatic hydroxyl groups excluding tert-OH is 2. The van der Waals surface area contributed by atoms with Gasteiger partial charge in [0.25, 0.3) is 5.91 Å². The Morgan fingerprint density at radius 2 is 1.78 bits per heavy atom. The number of thioether (sulfide) groups is 1. The van der Waals surface area contributed by atoms with Crippen LogP contribution in [0.4, 0.5) is 0 Å². The molecule has 0 radical (unpaired) electrons. The van der Waals surface area contributed by atoms with Gasteiger partial charge in [-0.25, -0.2) is 0 Å². The first-order valence-electron chi connectivity index (χ1n) is 10.9. The standard InChI is InChI=1S/C18H15NO6S.C7H7NOS/c19-18(25)13-8(21)4-6-5-10-14(16(23)11(6)15(13)22)17(24)12-7(20)2-1-3-9(12)26-10;8-7(9)5-1-3-6(10)4-2-5/h1-3,6,10-11,20-21,23H,4-5H2,(H2,19,25);1-3H,4H2,(H2,8,9). The minimum atomic E-state index is -1.09. The zero-order chi connectivity index (χ0) is 26.3. The third kappa shape index (κ3) is 4.47. The van der Waals surface area contributed by atoms with Crippen molar-refractivity contribution in [2.75, 3.05) is 0 Å². The minimum absolute atomic E-state index is 0.0319. The van der Waals surface area contributed by atoms with E-state index in [0.717, 1.165) is 4.86 Å². The average Bonchev–Trinajstić information content (AvgIpc) is 2.79. The highest BCUT2D eigenvalue weighted by atomic mass is 32.2. The fourth-order valence-corrected chi connectivity index (χ4v) is 6.37. The van der Waals surface area contributed by atoms with Crippen molar-refractivity contribution < 1.29 is 34.5 Å². The quantitative estimate of drug-likeness (QED) is 0.286. The van der Waals surface area contributed by atoms with E-state index in [0.29, 0.717) is 23.3 Å². The molecule has 1 aliphatic heterocycles. The summed E-state index contributed by atoms with van der Waals surface area (Å²) in [4.78, 5) is 49.0. The van der Waals surface area contributed by atoms with Gasteiger partial charge in [0.2, 0.25) is 5.91 Å². The van der Waals surface area contributed by atoms with Gasteiger partial charge in [-0.1, -0.05) is 24.4 Å². The van der Waals surface area contributed by atoms with Gasteiger partial charge < -0.3 is 26.8 Å². The van der Waals surface area contributed by atoms with Crippen molar-refractivity contribution in [3.63, 3.8) is 0 Å². The summed E-state index contributed by atoms with van der Waals surface area (Å²) < 4.78 is 0. The molecule has 5 rings (SSSR count). The molecule has 0 saturated carbocycles. The van der Waals surface area contributed by atoms with Crippen LogP contribution in [0.2, 0.25) is 0 Å². The van der Waals surface area contributed by atoms with Crippen molar-refractivity contribution in [3.8, 4) is 5.75 Å². The summed E-state index contributed by atoms with van der Waals surface area (Å²) in [6.45, 7) is 0. The van der Waals surface area contributed by atoms with Crippen LogP contribution in [-0.2, 0) is 14.4 Å². The SMILES string of the molecule is NC(=O)C1=C(O)CC2CC3Sc4cccc(O)c4C(=O)C3=C(O)C2C1=O.NC(=O)C1=CCC(=S)C=C1. The number of aromatic hydroxyl groups is 1. The van der Waals surface area contributed by atoms with E-state index in [4.69, 9.17) is 23.7 Å². The van der Waals surface area contributed by atoms with Gasteiger partial charge >= 0.3 is 0 Å². The number of primary amides is 2. The van der Waals surface area contributed by atoms with Crippen LogP contribution in [0.15, 0.2) is 69.6 Å². The first-order valence-corrected chi connectivity index (χ1v) is 12.2. The molecule has 4 aliphatic rings. The Balaban J connectivity index is 0.000000256. The first-order chi connectivity index (χ1) is 17.0. The molecule has 3 unspecified atom stereocenters. The number of hydrogen-bond donors (Lipinski definition) is 5. The van der Waals surface area contributed by atoms with Gasteiger partial charge in [0.15, 0.2) is 11.6 Å². The molecule has 36 heavy (non-hydrogen) atoms. The molecule has 2 amide bonds. The molecular formula is C25H22N2O7S2. The number of fused-ring (bicyclic) bond motifs is 3. The van der Waals surface area contributed by atoms with E-state index in [9.17, 15) is 34.5 Å². The Morgan fingerprint density at radius 3 is 2.39 bits per heavy atom.